The van der Waals surface area contributed by atoms with Gasteiger partial charge in [0.2, 0.25) is 5.91 Å². The second kappa shape index (κ2) is 7.21. The van der Waals surface area contributed by atoms with Crippen molar-refractivity contribution in [3.63, 3.8) is 0 Å². The third-order valence-corrected chi connectivity index (χ3v) is 4.02. The van der Waals surface area contributed by atoms with Crippen LogP contribution in [-0.2, 0) is 11.2 Å². The van der Waals surface area contributed by atoms with Gasteiger partial charge in [-0.2, -0.15) is 0 Å². The lowest BCUT2D eigenvalue weighted by molar-refractivity contribution is -0.274. The summed E-state index contributed by atoms with van der Waals surface area (Å²) in [7, 11) is 0. The van der Waals surface area contributed by atoms with E-state index in [4.69, 9.17) is 5.73 Å². The molecule has 1 aromatic carbocycles. The first-order chi connectivity index (χ1) is 10.7. The molecule has 0 aliphatic carbocycles. The number of hydrogen-bond acceptors (Lipinski definition) is 3. The average Bonchev–Trinajstić information content (AvgIpc) is 2.44. The number of hydrogen-bond donors (Lipinski definition) is 1. The average molecular weight is 330 g/mol. The van der Waals surface area contributed by atoms with Crippen molar-refractivity contribution < 1.29 is 22.7 Å². The van der Waals surface area contributed by atoms with Gasteiger partial charge in [0, 0.05) is 25.0 Å². The number of aryl methyl sites for hydroxylation is 1. The van der Waals surface area contributed by atoms with Crippen molar-refractivity contribution in [1.82, 2.24) is 4.90 Å². The molecule has 1 heterocycles. The van der Waals surface area contributed by atoms with Gasteiger partial charge in [0.25, 0.3) is 0 Å². The van der Waals surface area contributed by atoms with Gasteiger partial charge in [-0.25, -0.2) is 0 Å². The number of piperidine rings is 1. The minimum Gasteiger partial charge on any atom is -0.406 e. The number of carbonyl (C=O) groups excluding carboxylic acids is 1. The largest absolute Gasteiger partial charge is 0.573 e. The maximum Gasteiger partial charge on any atom is 0.573 e. The predicted molar refractivity (Wildman–Crippen MR) is 79.8 cm³/mol. The van der Waals surface area contributed by atoms with Gasteiger partial charge in [-0.15, -0.1) is 13.2 Å². The molecule has 0 aromatic heterocycles. The third kappa shape index (κ3) is 5.42. The lowest BCUT2D eigenvalue weighted by Gasteiger charge is -2.36. The number of likely N-dealkylation sites (tertiary alicyclic amines) is 1. The van der Waals surface area contributed by atoms with Crippen LogP contribution in [0.4, 0.5) is 13.2 Å². The molecular formula is C16H21F3N2O2. The van der Waals surface area contributed by atoms with E-state index >= 15 is 0 Å². The molecule has 23 heavy (non-hydrogen) atoms. The molecule has 0 unspecified atom stereocenters. The number of carbonyl (C=O) groups is 1. The molecule has 0 bridgehead atoms. The van der Waals surface area contributed by atoms with Crippen LogP contribution in [0.15, 0.2) is 24.3 Å². The van der Waals surface area contributed by atoms with Crippen molar-refractivity contribution in [3.8, 4) is 5.75 Å². The second-order valence-corrected chi connectivity index (χ2v) is 5.91. The molecule has 1 amide bonds. The summed E-state index contributed by atoms with van der Waals surface area (Å²) in [5, 5.41) is 0. The van der Waals surface area contributed by atoms with Crippen LogP contribution in [0.3, 0.4) is 0 Å². The summed E-state index contributed by atoms with van der Waals surface area (Å²) in [4.78, 5) is 14.1. The number of ether oxygens (including phenoxy) is 1. The van der Waals surface area contributed by atoms with E-state index in [9.17, 15) is 18.0 Å². The van der Waals surface area contributed by atoms with Crippen LogP contribution in [0, 0.1) is 0 Å². The normalized spacial score (nSPS) is 22.0. The first-order valence-corrected chi connectivity index (χ1v) is 7.64. The zero-order valence-electron chi connectivity index (χ0n) is 13.0. The van der Waals surface area contributed by atoms with Crippen molar-refractivity contribution in [3.05, 3.63) is 29.8 Å². The summed E-state index contributed by atoms with van der Waals surface area (Å²) in [6.45, 7) is 2.65. The fraction of sp³-hybridized carbons (Fsp3) is 0.562. The van der Waals surface area contributed by atoms with E-state index in [1.54, 1.807) is 12.1 Å². The highest BCUT2D eigenvalue weighted by atomic mass is 19.4. The van der Waals surface area contributed by atoms with E-state index in [1.807, 2.05) is 11.8 Å². The van der Waals surface area contributed by atoms with E-state index in [1.165, 1.54) is 12.1 Å². The van der Waals surface area contributed by atoms with Crippen molar-refractivity contribution in [2.45, 2.75) is 51.1 Å². The van der Waals surface area contributed by atoms with Crippen LogP contribution in [0.2, 0.25) is 0 Å². The van der Waals surface area contributed by atoms with Crippen molar-refractivity contribution >= 4 is 5.91 Å². The lowest BCUT2D eigenvalue weighted by atomic mass is 9.98. The van der Waals surface area contributed by atoms with Gasteiger partial charge in [0.05, 0.1) is 0 Å². The Labute approximate surface area is 133 Å². The molecule has 7 heteroatoms. The summed E-state index contributed by atoms with van der Waals surface area (Å²) in [6, 6.07) is 5.89. The smallest absolute Gasteiger partial charge is 0.406 e. The fourth-order valence-electron chi connectivity index (χ4n) is 2.83. The topological polar surface area (TPSA) is 55.6 Å². The number of amides is 1. The zero-order chi connectivity index (χ0) is 17.0. The third-order valence-electron chi connectivity index (χ3n) is 4.02. The highest BCUT2D eigenvalue weighted by Gasteiger charge is 2.31. The Morgan fingerprint density at radius 3 is 2.57 bits per heavy atom. The maximum atomic E-state index is 12.3. The Balaban J connectivity index is 1.84. The fourth-order valence-corrected chi connectivity index (χ4v) is 2.83. The number of rotatable bonds is 4. The molecule has 1 aliphatic heterocycles. The highest BCUT2D eigenvalue weighted by molar-refractivity contribution is 5.76. The molecule has 2 rings (SSSR count). The van der Waals surface area contributed by atoms with E-state index in [-0.39, 0.29) is 23.7 Å². The van der Waals surface area contributed by atoms with Gasteiger partial charge in [-0.3, -0.25) is 4.79 Å². The summed E-state index contributed by atoms with van der Waals surface area (Å²) in [6.07, 6.45) is -2.27. The maximum absolute atomic E-state index is 12.3. The molecule has 0 radical (unpaired) electrons. The van der Waals surface area contributed by atoms with Crippen molar-refractivity contribution in [2.75, 3.05) is 6.54 Å². The Morgan fingerprint density at radius 1 is 1.35 bits per heavy atom. The van der Waals surface area contributed by atoms with Crippen molar-refractivity contribution in [2.24, 2.45) is 5.73 Å². The van der Waals surface area contributed by atoms with E-state index < -0.39 is 6.36 Å². The quantitative estimate of drug-likeness (QED) is 0.923. The molecule has 0 saturated carbocycles. The standard InChI is InChI=1S/C16H21F3N2O2/c1-11-10-13(20)8-9-21(11)15(22)7-4-12-2-5-14(6-3-12)23-16(17,18)19/h2-3,5-6,11,13H,4,7-10,20H2,1H3/t11-,13-/m1/s1. The van der Waals surface area contributed by atoms with Gasteiger partial charge >= 0.3 is 6.36 Å². The first-order valence-electron chi connectivity index (χ1n) is 7.64. The van der Waals surface area contributed by atoms with Crippen molar-refractivity contribution in [1.29, 1.82) is 0 Å². The minimum absolute atomic E-state index is 0.0556. The number of benzene rings is 1. The van der Waals surface area contributed by atoms with Gasteiger partial charge in [0.1, 0.15) is 5.75 Å². The molecule has 1 aliphatic rings. The minimum atomic E-state index is -4.69. The van der Waals surface area contributed by atoms with Crippen LogP contribution >= 0.6 is 0 Å². The monoisotopic (exact) mass is 330 g/mol. The Kier molecular flexibility index (Phi) is 5.51. The number of halogens is 3. The molecule has 1 aromatic rings. The van der Waals surface area contributed by atoms with E-state index in [2.05, 4.69) is 4.74 Å². The van der Waals surface area contributed by atoms with Gasteiger partial charge in [-0.1, -0.05) is 12.1 Å². The Hall–Kier alpha value is -1.76. The number of nitrogens with two attached hydrogens (primary N) is 1. The molecule has 1 saturated heterocycles. The first kappa shape index (κ1) is 17.6. The number of nitrogens with zero attached hydrogens (tertiary/aromatic N) is 1. The summed E-state index contributed by atoms with van der Waals surface area (Å²) in [5.74, 6) is -0.203. The van der Waals surface area contributed by atoms with Crippen LogP contribution in [0.1, 0.15) is 31.7 Å². The Bertz CT molecular complexity index is 531. The molecule has 1 fully saturated rings. The van der Waals surface area contributed by atoms with Crippen LogP contribution < -0.4 is 10.5 Å². The summed E-state index contributed by atoms with van der Waals surface area (Å²) in [5.41, 5.74) is 6.68. The molecule has 128 valence electrons. The van der Waals surface area contributed by atoms with Crippen LogP contribution in [0.5, 0.6) is 5.75 Å². The van der Waals surface area contributed by atoms with Gasteiger partial charge in [0.15, 0.2) is 0 Å². The lowest BCUT2D eigenvalue weighted by Crippen LogP contribution is -2.48. The van der Waals surface area contributed by atoms with Gasteiger partial charge < -0.3 is 15.4 Å². The van der Waals surface area contributed by atoms with E-state index in [0.717, 1.165) is 18.4 Å². The molecule has 2 atom stereocenters. The van der Waals surface area contributed by atoms with E-state index in [0.29, 0.717) is 19.4 Å². The molecule has 0 spiro atoms. The second-order valence-electron chi connectivity index (χ2n) is 5.91. The molecule has 2 N–H and O–H groups in total. The van der Waals surface area contributed by atoms with Gasteiger partial charge in [-0.05, 0) is 43.9 Å². The molecular weight excluding hydrogens is 309 g/mol. The number of alkyl halides is 3. The predicted octanol–water partition coefficient (Wildman–Crippen LogP) is 2.86. The molecule has 4 nitrogen and oxygen atoms in total. The SMILES string of the molecule is C[C@@H]1C[C@H](N)CCN1C(=O)CCc1ccc(OC(F)(F)F)cc1. The summed E-state index contributed by atoms with van der Waals surface area (Å²) < 4.78 is 40.1. The van der Waals surface area contributed by atoms with Crippen LogP contribution in [-0.4, -0.2) is 35.8 Å². The summed E-state index contributed by atoms with van der Waals surface area (Å²) >= 11 is 0. The highest BCUT2D eigenvalue weighted by Crippen LogP contribution is 2.23. The Morgan fingerprint density at radius 2 is 2.00 bits per heavy atom. The zero-order valence-corrected chi connectivity index (χ0v) is 13.0. The van der Waals surface area contributed by atoms with Crippen LogP contribution in [0.25, 0.3) is 0 Å².